The van der Waals surface area contributed by atoms with E-state index >= 15 is 0 Å². The van der Waals surface area contributed by atoms with E-state index in [1.54, 1.807) is 12.1 Å². The van der Waals surface area contributed by atoms with E-state index in [2.05, 4.69) is 53.3 Å². The number of phenolic OH excluding ortho intramolecular Hbond substituents is 1. The van der Waals surface area contributed by atoms with Gasteiger partial charge in [0.2, 0.25) is 0 Å². The Morgan fingerprint density at radius 1 is 1.05 bits per heavy atom. The van der Waals surface area contributed by atoms with Crippen LogP contribution in [0.3, 0.4) is 0 Å². The second-order valence-corrected chi connectivity index (χ2v) is 6.37. The summed E-state index contributed by atoms with van der Waals surface area (Å²) < 4.78 is 1.15. The van der Waals surface area contributed by atoms with Gasteiger partial charge in [-0.3, -0.25) is 0 Å². The Bertz CT molecular complexity index is 568. The van der Waals surface area contributed by atoms with Crippen molar-refractivity contribution in [1.82, 2.24) is 5.32 Å². The highest BCUT2D eigenvalue weighted by molar-refractivity contribution is 9.10. The number of rotatable bonds is 6. The fourth-order valence-corrected chi connectivity index (χ4v) is 3.10. The van der Waals surface area contributed by atoms with Crippen molar-refractivity contribution in [2.24, 2.45) is 0 Å². The van der Waals surface area contributed by atoms with Crippen molar-refractivity contribution in [3.05, 3.63) is 64.1 Å². The number of nitrogens with one attached hydrogen (secondary N) is 1. The molecule has 0 aliphatic carbocycles. The molecule has 0 radical (unpaired) electrons. The predicted molar refractivity (Wildman–Crippen MR) is 91.6 cm³/mol. The van der Waals surface area contributed by atoms with Crippen molar-refractivity contribution in [3.63, 3.8) is 0 Å². The first-order chi connectivity index (χ1) is 10.1. The number of halogens is 1. The lowest BCUT2D eigenvalue weighted by Gasteiger charge is -2.21. The van der Waals surface area contributed by atoms with Gasteiger partial charge in [0.1, 0.15) is 5.75 Å². The topological polar surface area (TPSA) is 32.3 Å². The van der Waals surface area contributed by atoms with E-state index in [1.165, 1.54) is 11.1 Å². The van der Waals surface area contributed by atoms with Crippen LogP contribution in [0.1, 0.15) is 37.4 Å². The molecule has 0 fully saturated rings. The van der Waals surface area contributed by atoms with E-state index < -0.39 is 0 Å². The molecule has 2 N–H and O–H groups in total. The minimum atomic E-state index is 0.315. The van der Waals surface area contributed by atoms with Gasteiger partial charge in [0, 0.05) is 16.6 Å². The zero-order valence-corrected chi connectivity index (χ0v) is 14.1. The molecule has 21 heavy (non-hydrogen) atoms. The Hall–Kier alpha value is -1.32. The van der Waals surface area contributed by atoms with Crippen LogP contribution in [0.2, 0.25) is 0 Å². The van der Waals surface area contributed by atoms with Crippen LogP contribution >= 0.6 is 15.9 Å². The van der Waals surface area contributed by atoms with Gasteiger partial charge >= 0.3 is 0 Å². The quantitative estimate of drug-likeness (QED) is 0.784. The van der Waals surface area contributed by atoms with Gasteiger partial charge in [-0.1, -0.05) is 46.3 Å². The third-order valence-corrected chi connectivity index (χ3v) is 4.43. The smallest absolute Gasteiger partial charge is 0.115 e. The summed E-state index contributed by atoms with van der Waals surface area (Å²) in [6.45, 7) is 4.41. The van der Waals surface area contributed by atoms with Crippen molar-refractivity contribution in [2.45, 2.75) is 38.8 Å². The summed E-state index contributed by atoms with van der Waals surface area (Å²) >= 11 is 3.61. The molecule has 2 aromatic rings. The number of hydrogen-bond acceptors (Lipinski definition) is 2. The molecular weight excluding hydrogens is 326 g/mol. The van der Waals surface area contributed by atoms with Crippen LogP contribution in [0.5, 0.6) is 5.75 Å². The summed E-state index contributed by atoms with van der Waals surface area (Å²) in [6.07, 6.45) is 2.08. The van der Waals surface area contributed by atoms with E-state index in [9.17, 15) is 5.11 Å². The van der Waals surface area contributed by atoms with Gasteiger partial charge in [-0.05, 0) is 56.0 Å². The van der Waals surface area contributed by atoms with Crippen LogP contribution < -0.4 is 5.32 Å². The average Bonchev–Trinajstić information content (AvgIpc) is 2.47. The summed E-state index contributed by atoms with van der Waals surface area (Å²) in [4.78, 5) is 0. The van der Waals surface area contributed by atoms with Crippen molar-refractivity contribution < 1.29 is 5.11 Å². The molecule has 0 saturated heterocycles. The molecule has 112 valence electrons. The Morgan fingerprint density at radius 2 is 1.71 bits per heavy atom. The average molecular weight is 348 g/mol. The highest BCUT2D eigenvalue weighted by Gasteiger charge is 2.11. The van der Waals surface area contributed by atoms with Crippen molar-refractivity contribution in [2.75, 3.05) is 0 Å². The molecule has 2 atom stereocenters. The predicted octanol–water partition coefficient (Wildman–Crippen LogP) is 4.83. The molecule has 0 aliphatic heterocycles. The first-order valence-electron chi connectivity index (χ1n) is 7.34. The molecule has 2 nitrogen and oxygen atoms in total. The standard InChI is InChI=1S/C18H22BrNO/c1-13(7-8-15-9-11-16(21)12-10-15)20-14(2)17-5-3-4-6-18(17)19/h3-6,9-14,20-21H,7-8H2,1-2H3. The normalized spacial score (nSPS) is 13.9. The Labute approximate surface area is 135 Å². The van der Waals surface area contributed by atoms with Crippen molar-refractivity contribution >= 4 is 15.9 Å². The Morgan fingerprint density at radius 3 is 2.38 bits per heavy atom. The molecular formula is C18H22BrNO. The largest absolute Gasteiger partial charge is 0.508 e. The number of aryl methyl sites for hydroxylation is 1. The lowest BCUT2D eigenvalue weighted by atomic mass is 10.0. The fourth-order valence-electron chi connectivity index (χ4n) is 2.47. The van der Waals surface area contributed by atoms with Gasteiger partial charge < -0.3 is 10.4 Å². The zero-order valence-electron chi connectivity index (χ0n) is 12.5. The van der Waals surface area contributed by atoms with Crippen LogP contribution in [-0.2, 0) is 6.42 Å². The van der Waals surface area contributed by atoms with Gasteiger partial charge in [-0.15, -0.1) is 0 Å². The molecule has 2 unspecified atom stereocenters. The van der Waals surface area contributed by atoms with Crippen LogP contribution in [0.15, 0.2) is 53.0 Å². The SMILES string of the molecule is CC(CCc1ccc(O)cc1)NC(C)c1ccccc1Br. The van der Waals surface area contributed by atoms with Gasteiger partial charge in [-0.25, -0.2) is 0 Å². The number of hydrogen-bond donors (Lipinski definition) is 2. The third-order valence-electron chi connectivity index (χ3n) is 3.71. The summed E-state index contributed by atoms with van der Waals surface area (Å²) in [6, 6.07) is 16.5. The van der Waals surface area contributed by atoms with E-state index in [0.29, 0.717) is 17.8 Å². The molecule has 0 saturated carbocycles. The number of phenols is 1. The summed E-state index contributed by atoms with van der Waals surface area (Å²) in [5, 5.41) is 12.9. The molecule has 0 aliphatic rings. The van der Waals surface area contributed by atoms with Crippen LogP contribution in [0, 0.1) is 0 Å². The maximum absolute atomic E-state index is 9.29. The fraction of sp³-hybridized carbons (Fsp3) is 0.333. The molecule has 2 aromatic carbocycles. The monoisotopic (exact) mass is 347 g/mol. The van der Waals surface area contributed by atoms with Crippen LogP contribution in [0.25, 0.3) is 0 Å². The van der Waals surface area contributed by atoms with Gasteiger partial charge in [-0.2, -0.15) is 0 Å². The van der Waals surface area contributed by atoms with E-state index in [0.717, 1.165) is 17.3 Å². The summed E-state index contributed by atoms with van der Waals surface area (Å²) in [5.41, 5.74) is 2.55. The van der Waals surface area contributed by atoms with E-state index in [-0.39, 0.29) is 0 Å². The molecule has 0 spiro atoms. The summed E-state index contributed by atoms with van der Waals surface area (Å²) in [7, 11) is 0. The minimum Gasteiger partial charge on any atom is -0.508 e. The first kappa shape index (κ1) is 16.1. The molecule has 3 heteroatoms. The van der Waals surface area contributed by atoms with Crippen LogP contribution in [0.4, 0.5) is 0 Å². The maximum Gasteiger partial charge on any atom is 0.115 e. The molecule has 0 heterocycles. The molecule has 2 rings (SSSR count). The molecule has 0 aromatic heterocycles. The second kappa shape index (κ2) is 7.62. The summed E-state index contributed by atoms with van der Waals surface area (Å²) in [5.74, 6) is 0.326. The van der Waals surface area contributed by atoms with Gasteiger partial charge in [0.05, 0.1) is 0 Å². The number of benzene rings is 2. The first-order valence-corrected chi connectivity index (χ1v) is 8.14. The lowest BCUT2D eigenvalue weighted by molar-refractivity contribution is 0.455. The maximum atomic E-state index is 9.29. The van der Waals surface area contributed by atoms with Crippen molar-refractivity contribution in [1.29, 1.82) is 0 Å². The molecule has 0 amide bonds. The molecule has 0 bridgehead atoms. The van der Waals surface area contributed by atoms with E-state index in [4.69, 9.17) is 0 Å². The highest BCUT2D eigenvalue weighted by Crippen LogP contribution is 2.23. The second-order valence-electron chi connectivity index (χ2n) is 5.52. The Balaban J connectivity index is 1.85. The lowest BCUT2D eigenvalue weighted by Crippen LogP contribution is -2.29. The van der Waals surface area contributed by atoms with Gasteiger partial charge in [0.15, 0.2) is 0 Å². The third kappa shape index (κ3) is 4.87. The number of aromatic hydroxyl groups is 1. The highest BCUT2D eigenvalue weighted by atomic mass is 79.9. The van der Waals surface area contributed by atoms with Crippen molar-refractivity contribution in [3.8, 4) is 5.75 Å². The minimum absolute atomic E-state index is 0.315. The van der Waals surface area contributed by atoms with Crippen LogP contribution in [-0.4, -0.2) is 11.1 Å². The van der Waals surface area contributed by atoms with E-state index in [1.807, 2.05) is 18.2 Å². The Kier molecular flexibility index (Phi) is 5.83. The zero-order chi connectivity index (χ0) is 15.2. The van der Waals surface area contributed by atoms with Gasteiger partial charge in [0.25, 0.3) is 0 Å².